The molecule has 222 valence electrons. The third kappa shape index (κ3) is 7.82. The van der Waals surface area contributed by atoms with Gasteiger partial charge in [0.2, 0.25) is 11.8 Å². The summed E-state index contributed by atoms with van der Waals surface area (Å²) >= 11 is 12.3. The second kappa shape index (κ2) is 14.1. The van der Waals surface area contributed by atoms with Crippen LogP contribution in [0.1, 0.15) is 34.8 Å². The highest BCUT2D eigenvalue weighted by molar-refractivity contribution is 6.42. The fraction of sp³-hybridized carbons (Fsp3) is 0.344. The molecule has 0 radical (unpaired) electrons. The number of primary amides is 1. The lowest BCUT2D eigenvalue weighted by atomic mass is 9.98. The molecule has 0 spiro atoms. The molecule has 1 heterocycles. The first-order chi connectivity index (χ1) is 20.0. The number of carbonyl (C=O) groups excluding carboxylic acids is 3. The summed E-state index contributed by atoms with van der Waals surface area (Å²) in [6, 6.07) is 20.5. The summed E-state index contributed by atoms with van der Waals surface area (Å²) in [5.74, 6) is -0.770. The molecule has 1 unspecified atom stereocenters. The maximum absolute atomic E-state index is 13.7. The van der Waals surface area contributed by atoms with Crippen molar-refractivity contribution in [2.24, 2.45) is 5.73 Å². The molecule has 2 N–H and O–H groups in total. The first kappa shape index (κ1) is 31.3. The highest BCUT2D eigenvalue weighted by Gasteiger charge is 2.27. The van der Waals surface area contributed by atoms with Crippen LogP contribution in [0.2, 0.25) is 10.0 Å². The monoisotopic (exact) mass is 609 g/mol. The minimum Gasteiger partial charge on any atom is -0.368 e. The maximum atomic E-state index is 13.7. The zero-order valence-corrected chi connectivity index (χ0v) is 25.7. The van der Waals surface area contributed by atoms with Crippen molar-refractivity contribution in [3.05, 3.63) is 87.9 Å². The minimum atomic E-state index is -0.558. The molecular weight excluding hydrogens is 573 g/mol. The Hall–Kier alpha value is -3.59. The molecule has 10 heteroatoms. The molecule has 4 rings (SSSR count). The average Bonchev–Trinajstić information content (AvgIpc) is 3.49. The Bertz CT molecular complexity index is 1420. The van der Waals surface area contributed by atoms with Gasteiger partial charge in [-0.2, -0.15) is 0 Å². The number of anilines is 1. The SMILES string of the molecule is CN(C)C(=O)c1cccc(-c2ccc(C(CN3CCCC3)N(C)C(=O)CN(CC(N)=O)c3ccc(Cl)c(Cl)c3)cc2)c1. The zero-order valence-electron chi connectivity index (χ0n) is 24.2. The lowest BCUT2D eigenvalue weighted by Crippen LogP contribution is -2.45. The summed E-state index contributed by atoms with van der Waals surface area (Å²) < 4.78 is 0. The van der Waals surface area contributed by atoms with Crippen LogP contribution in [0.5, 0.6) is 0 Å². The van der Waals surface area contributed by atoms with Gasteiger partial charge in [-0.25, -0.2) is 0 Å². The summed E-state index contributed by atoms with van der Waals surface area (Å²) in [6.07, 6.45) is 2.27. The van der Waals surface area contributed by atoms with E-state index in [4.69, 9.17) is 28.9 Å². The van der Waals surface area contributed by atoms with E-state index in [2.05, 4.69) is 4.90 Å². The van der Waals surface area contributed by atoms with Crippen LogP contribution in [0.3, 0.4) is 0 Å². The largest absolute Gasteiger partial charge is 0.368 e. The molecule has 0 aliphatic carbocycles. The van der Waals surface area contributed by atoms with E-state index in [9.17, 15) is 14.4 Å². The van der Waals surface area contributed by atoms with Gasteiger partial charge in [0.05, 0.1) is 29.2 Å². The Morgan fingerprint density at radius 1 is 0.857 bits per heavy atom. The minimum absolute atomic E-state index is 0.0504. The van der Waals surface area contributed by atoms with Crippen molar-refractivity contribution in [1.82, 2.24) is 14.7 Å². The third-order valence-corrected chi connectivity index (χ3v) is 8.32. The van der Waals surface area contributed by atoms with E-state index in [0.29, 0.717) is 27.8 Å². The van der Waals surface area contributed by atoms with Gasteiger partial charge in [-0.1, -0.05) is 59.6 Å². The van der Waals surface area contributed by atoms with Gasteiger partial charge in [-0.3, -0.25) is 14.4 Å². The number of benzene rings is 3. The lowest BCUT2D eigenvalue weighted by molar-refractivity contribution is -0.131. The number of halogens is 2. The predicted molar refractivity (Wildman–Crippen MR) is 169 cm³/mol. The molecule has 1 aliphatic rings. The van der Waals surface area contributed by atoms with Crippen LogP contribution in [0.4, 0.5) is 5.69 Å². The van der Waals surface area contributed by atoms with Crippen LogP contribution in [0.15, 0.2) is 66.7 Å². The van der Waals surface area contributed by atoms with Crippen LogP contribution in [-0.2, 0) is 9.59 Å². The Morgan fingerprint density at radius 3 is 2.17 bits per heavy atom. The van der Waals surface area contributed by atoms with E-state index in [1.807, 2.05) is 48.5 Å². The number of nitrogens with zero attached hydrogens (tertiary/aromatic N) is 4. The van der Waals surface area contributed by atoms with Crippen LogP contribution in [0.25, 0.3) is 11.1 Å². The van der Waals surface area contributed by atoms with Crippen molar-refractivity contribution in [3.63, 3.8) is 0 Å². The predicted octanol–water partition coefficient (Wildman–Crippen LogP) is 4.95. The van der Waals surface area contributed by atoms with Crippen molar-refractivity contribution in [3.8, 4) is 11.1 Å². The number of likely N-dealkylation sites (N-methyl/N-ethyl adjacent to an activating group) is 1. The van der Waals surface area contributed by atoms with Crippen molar-refractivity contribution in [2.45, 2.75) is 18.9 Å². The number of nitrogens with two attached hydrogens (primary N) is 1. The third-order valence-electron chi connectivity index (χ3n) is 7.58. The highest BCUT2D eigenvalue weighted by atomic mass is 35.5. The number of carbonyl (C=O) groups is 3. The van der Waals surface area contributed by atoms with E-state index in [0.717, 1.165) is 42.6 Å². The summed E-state index contributed by atoms with van der Waals surface area (Å²) in [7, 11) is 5.27. The number of likely N-dealkylation sites (tertiary alicyclic amines) is 1. The fourth-order valence-corrected chi connectivity index (χ4v) is 5.50. The Morgan fingerprint density at radius 2 is 1.55 bits per heavy atom. The van der Waals surface area contributed by atoms with E-state index in [1.54, 1.807) is 54.0 Å². The molecule has 0 bridgehead atoms. The van der Waals surface area contributed by atoms with Gasteiger partial charge in [-0.15, -0.1) is 0 Å². The van der Waals surface area contributed by atoms with Gasteiger partial charge in [-0.05, 0) is 73.0 Å². The number of amides is 3. The number of hydrogen-bond acceptors (Lipinski definition) is 5. The van der Waals surface area contributed by atoms with E-state index in [1.165, 1.54) is 0 Å². The van der Waals surface area contributed by atoms with Crippen molar-refractivity contribution in [1.29, 1.82) is 0 Å². The summed E-state index contributed by atoms with van der Waals surface area (Å²) in [5.41, 5.74) is 9.65. The number of rotatable bonds is 11. The fourth-order valence-electron chi connectivity index (χ4n) is 5.21. The summed E-state index contributed by atoms with van der Waals surface area (Å²) in [6.45, 7) is 2.47. The van der Waals surface area contributed by atoms with Gasteiger partial charge < -0.3 is 25.3 Å². The summed E-state index contributed by atoms with van der Waals surface area (Å²) in [4.78, 5) is 45.4. The molecule has 3 amide bonds. The normalized spacial score (nSPS) is 13.9. The second-order valence-electron chi connectivity index (χ2n) is 10.9. The van der Waals surface area contributed by atoms with E-state index >= 15 is 0 Å². The molecule has 1 saturated heterocycles. The van der Waals surface area contributed by atoms with E-state index in [-0.39, 0.29) is 30.9 Å². The topological polar surface area (TPSA) is 90.2 Å². The molecule has 3 aromatic carbocycles. The first-order valence-corrected chi connectivity index (χ1v) is 14.7. The van der Waals surface area contributed by atoms with Gasteiger partial charge in [0.25, 0.3) is 5.91 Å². The lowest BCUT2D eigenvalue weighted by Gasteiger charge is -2.34. The van der Waals surface area contributed by atoms with Gasteiger partial charge in [0.15, 0.2) is 0 Å². The van der Waals surface area contributed by atoms with Crippen LogP contribution < -0.4 is 10.6 Å². The Balaban J connectivity index is 1.58. The van der Waals surface area contributed by atoms with Crippen LogP contribution in [0, 0.1) is 0 Å². The zero-order chi connectivity index (χ0) is 30.4. The van der Waals surface area contributed by atoms with Crippen LogP contribution in [-0.4, -0.2) is 86.3 Å². The van der Waals surface area contributed by atoms with Crippen molar-refractivity contribution in [2.75, 3.05) is 58.8 Å². The molecule has 0 saturated carbocycles. The quantitative estimate of drug-likeness (QED) is 0.332. The molecule has 42 heavy (non-hydrogen) atoms. The smallest absolute Gasteiger partial charge is 0.253 e. The molecule has 0 aromatic heterocycles. The second-order valence-corrected chi connectivity index (χ2v) is 11.7. The summed E-state index contributed by atoms with van der Waals surface area (Å²) in [5, 5.41) is 0.709. The highest BCUT2D eigenvalue weighted by Crippen LogP contribution is 2.29. The molecule has 3 aromatic rings. The van der Waals surface area contributed by atoms with Gasteiger partial charge >= 0.3 is 0 Å². The van der Waals surface area contributed by atoms with Gasteiger partial charge in [0, 0.05) is 38.9 Å². The standard InChI is InChI=1S/C32H37Cl2N5O3/c1-36(2)32(42)25-8-6-7-24(17-25)22-9-11-23(12-10-22)29(19-38-15-4-5-16-38)37(3)31(41)21-39(20-30(35)40)26-13-14-27(33)28(34)18-26/h6-14,17-18,29H,4-5,15-16,19-21H2,1-3H3,(H2,35,40). The van der Waals surface area contributed by atoms with Gasteiger partial charge in [0.1, 0.15) is 0 Å². The first-order valence-electron chi connectivity index (χ1n) is 13.9. The van der Waals surface area contributed by atoms with E-state index < -0.39 is 5.91 Å². The molecule has 8 nitrogen and oxygen atoms in total. The molecule has 1 fully saturated rings. The molecule has 1 atom stereocenters. The van der Waals surface area contributed by atoms with Crippen molar-refractivity contribution >= 4 is 46.6 Å². The molecule has 1 aliphatic heterocycles. The molecular formula is C32H37Cl2N5O3. The maximum Gasteiger partial charge on any atom is 0.253 e. The van der Waals surface area contributed by atoms with Crippen molar-refractivity contribution < 1.29 is 14.4 Å². The average molecular weight is 611 g/mol. The Kier molecular flexibility index (Phi) is 10.5. The Labute approximate surface area is 257 Å². The van der Waals surface area contributed by atoms with Crippen LogP contribution >= 0.6 is 23.2 Å². The number of hydrogen-bond donors (Lipinski definition) is 1.